The van der Waals surface area contributed by atoms with Crippen LogP contribution in [0.1, 0.15) is 10.4 Å². The molecule has 0 aliphatic heterocycles. The van der Waals surface area contributed by atoms with Crippen LogP contribution in [0.15, 0.2) is 23.0 Å². The van der Waals surface area contributed by atoms with E-state index in [4.69, 9.17) is 14.6 Å². The van der Waals surface area contributed by atoms with Crippen molar-refractivity contribution in [1.29, 1.82) is 0 Å². The minimum absolute atomic E-state index is 0.121. The molecule has 1 aromatic heterocycles. The van der Waals surface area contributed by atoms with Crippen LogP contribution in [0.3, 0.4) is 0 Å². The van der Waals surface area contributed by atoms with E-state index < -0.39 is 12.3 Å². The predicted molar refractivity (Wildman–Crippen MR) is 67.3 cm³/mol. The number of carboxylic acid groups (broad SMARTS) is 1. The van der Waals surface area contributed by atoms with Crippen molar-refractivity contribution < 1.29 is 19.4 Å². The molecule has 0 saturated carbocycles. The zero-order chi connectivity index (χ0) is 14.0. The van der Waals surface area contributed by atoms with Crippen LogP contribution in [-0.4, -0.2) is 41.1 Å². The number of hydrogen-bond acceptors (Lipinski definition) is 4. The number of benzene rings is 1. The van der Waals surface area contributed by atoms with Gasteiger partial charge in [0.1, 0.15) is 0 Å². The Morgan fingerprint density at radius 2 is 2.11 bits per heavy atom. The number of aromatic amines is 1. The number of nitrogens with one attached hydrogen (secondary N) is 1. The Hall–Kier alpha value is -2.12. The summed E-state index contributed by atoms with van der Waals surface area (Å²) in [6.07, 6.45) is -0.546. The van der Waals surface area contributed by atoms with Crippen molar-refractivity contribution in [2.45, 2.75) is 12.8 Å². The van der Waals surface area contributed by atoms with Gasteiger partial charge in [-0.25, -0.2) is 9.59 Å². The van der Waals surface area contributed by atoms with Gasteiger partial charge in [0.2, 0.25) is 0 Å². The van der Waals surface area contributed by atoms with Crippen LogP contribution < -0.4 is 5.69 Å². The molecular formula is C12H14N2O5. The highest BCUT2D eigenvalue weighted by molar-refractivity contribution is 5.92. The van der Waals surface area contributed by atoms with E-state index in [9.17, 15) is 9.59 Å². The highest BCUT2D eigenvalue weighted by Gasteiger charge is 2.14. The van der Waals surface area contributed by atoms with E-state index in [1.165, 1.54) is 30.9 Å². The first-order valence-corrected chi connectivity index (χ1v) is 5.58. The lowest BCUT2D eigenvalue weighted by molar-refractivity contribution is -0.110. The molecular weight excluding hydrogens is 252 g/mol. The molecule has 2 rings (SSSR count). The molecule has 7 nitrogen and oxygen atoms in total. The van der Waals surface area contributed by atoms with Crippen molar-refractivity contribution >= 4 is 17.0 Å². The lowest BCUT2D eigenvalue weighted by atomic mass is 10.2. The summed E-state index contributed by atoms with van der Waals surface area (Å²) in [6.45, 7) is 0.220. The summed E-state index contributed by atoms with van der Waals surface area (Å²) in [5.41, 5.74) is 0.859. The molecule has 0 aliphatic carbocycles. The number of carboxylic acids is 1. The summed E-state index contributed by atoms with van der Waals surface area (Å²) in [5, 5.41) is 8.90. The van der Waals surface area contributed by atoms with Crippen molar-refractivity contribution in [3.8, 4) is 0 Å². The third-order valence-corrected chi connectivity index (χ3v) is 2.88. The van der Waals surface area contributed by atoms with Gasteiger partial charge in [-0.05, 0) is 18.2 Å². The number of methoxy groups -OCH3 is 2. The summed E-state index contributed by atoms with van der Waals surface area (Å²) >= 11 is 0. The van der Waals surface area contributed by atoms with Crippen molar-refractivity contribution in [2.24, 2.45) is 0 Å². The fourth-order valence-electron chi connectivity index (χ4n) is 1.87. The Morgan fingerprint density at radius 3 is 2.68 bits per heavy atom. The number of hydrogen-bond donors (Lipinski definition) is 2. The first-order chi connectivity index (χ1) is 9.06. The maximum Gasteiger partial charge on any atom is 0.335 e. The molecule has 0 atom stereocenters. The predicted octanol–water partition coefficient (Wildman–Crippen LogP) is 0.647. The van der Waals surface area contributed by atoms with Crippen molar-refractivity contribution in [1.82, 2.24) is 9.55 Å². The van der Waals surface area contributed by atoms with Crippen molar-refractivity contribution in [2.75, 3.05) is 14.2 Å². The molecule has 1 heterocycles. The molecule has 2 aromatic rings. The van der Waals surface area contributed by atoms with E-state index in [0.29, 0.717) is 11.0 Å². The van der Waals surface area contributed by atoms with E-state index >= 15 is 0 Å². The smallest absolute Gasteiger partial charge is 0.335 e. The summed E-state index contributed by atoms with van der Waals surface area (Å²) in [5.74, 6) is -1.04. The number of fused-ring (bicyclic) bond motifs is 1. The molecule has 0 amide bonds. The average Bonchev–Trinajstić information content (AvgIpc) is 2.70. The molecule has 0 saturated heterocycles. The largest absolute Gasteiger partial charge is 0.478 e. The number of aromatic carboxylic acids is 1. The van der Waals surface area contributed by atoms with Crippen LogP contribution in [0.4, 0.5) is 0 Å². The minimum Gasteiger partial charge on any atom is -0.478 e. The van der Waals surface area contributed by atoms with Crippen LogP contribution in [0.5, 0.6) is 0 Å². The van der Waals surface area contributed by atoms with E-state index in [2.05, 4.69) is 4.98 Å². The minimum atomic E-state index is -1.04. The third kappa shape index (κ3) is 2.51. The van der Waals surface area contributed by atoms with Gasteiger partial charge in [-0.3, -0.25) is 4.57 Å². The molecule has 19 heavy (non-hydrogen) atoms. The molecule has 0 unspecified atom stereocenters. The average molecular weight is 266 g/mol. The number of nitrogens with zero attached hydrogens (tertiary/aromatic N) is 1. The maximum atomic E-state index is 11.8. The van der Waals surface area contributed by atoms with Crippen LogP contribution in [0.25, 0.3) is 11.0 Å². The van der Waals surface area contributed by atoms with Gasteiger partial charge in [0.15, 0.2) is 6.29 Å². The van der Waals surface area contributed by atoms with Gasteiger partial charge in [0.05, 0.1) is 23.1 Å². The molecule has 2 N–H and O–H groups in total. The van der Waals surface area contributed by atoms with Gasteiger partial charge < -0.3 is 19.6 Å². The van der Waals surface area contributed by atoms with Gasteiger partial charge >= 0.3 is 11.7 Å². The Balaban J connectivity index is 2.48. The summed E-state index contributed by atoms with van der Waals surface area (Å²) < 4.78 is 11.5. The monoisotopic (exact) mass is 266 g/mol. The van der Waals surface area contributed by atoms with Gasteiger partial charge in [-0.15, -0.1) is 0 Å². The van der Waals surface area contributed by atoms with E-state index in [0.717, 1.165) is 0 Å². The Kier molecular flexibility index (Phi) is 3.68. The van der Waals surface area contributed by atoms with E-state index in [-0.39, 0.29) is 17.8 Å². The van der Waals surface area contributed by atoms with Gasteiger partial charge in [-0.1, -0.05) is 0 Å². The second-order valence-electron chi connectivity index (χ2n) is 3.98. The number of aromatic nitrogens is 2. The second-order valence-corrected chi connectivity index (χ2v) is 3.98. The number of imidazole rings is 1. The van der Waals surface area contributed by atoms with Gasteiger partial charge in [0.25, 0.3) is 0 Å². The number of carbonyl (C=O) groups is 1. The molecule has 0 bridgehead atoms. The van der Waals surface area contributed by atoms with Crippen LogP contribution >= 0.6 is 0 Å². The molecule has 0 fully saturated rings. The number of H-pyrrole nitrogens is 1. The highest BCUT2D eigenvalue weighted by Crippen LogP contribution is 2.13. The fourth-order valence-corrected chi connectivity index (χ4v) is 1.87. The Morgan fingerprint density at radius 1 is 1.42 bits per heavy atom. The lowest BCUT2D eigenvalue weighted by Crippen LogP contribution is -2.27. The number of rotatable bonds is 5. The lowest BCUT2D eigenvalue weighted by Gasteiger charge is -2.13. The SMILES string of the molecule is COC(Cn1c(=O)[nH]c2cc(C(=O)O)ccc21)OC. The van der Waals surface area contributed by atoms with Crippen LogP contribution in [0.2, 0.25) is 0 Å². The van der Waals surface area contributed by atoms with Crippen molar-refractivity contribution in [3.63, 3.8) is 0 Å². The van der Waals surface area contributed by atoms with Crippen LogP contribution in [0, 0.1) is 0 Å². The fraction of sp³-hybridized carbons (Fsp3) is 0.333. The van der Waals surface area contributed by atoms with E-state index in [1.54, 1.807) is 6.07 Å². The van der Waals surface area contributed by atoms with E-state index in [1.807, 2.05) is 0 Å². The first-order valence-electron chi connectivity index (χ1n) is 5.58. The molecule has 0 spiro atoms. The summed E-state index contributed by atoms with van der Waals surface area (Å²) in [7, 11) is 2.97. The normalized spacial score (nSPS) is 11.3. The third-order valence-electron chi connectivity index (χ3n) is 2.88. The Labute approximate surface area is 108 Å². The quantitative estimate of drug-likeness (QED) is 0.775. The molecule has 0 radical (unpaired) electrons. The molecule has 0 aliphatic rings. The summed E-state index contributed by atoms with van der Waals surface area (Å²) in [4.78, 5) is 25.3. The second kappa shape index (κ2) is 5.25. The summed E-state index contributed by atoms with van der Waals surface area (Å²) in [6, 6.07) is 4.45. The van der Waals surface area contributed by atoms with Gasteiger partial charge in [-0.2, -0.15) is 0 Å². The zero-order valence-electron chi connectivity index (χ0n) is 10.5. The van der Waals surface area contributed by atoms with Gasteiger partial charge in [0, 0.05) is 14.2 Å². The molecule has 102 valence electrons. The Bertz CT molecular complexity index is 654. The number of ether oxygens (including phenoxy) is 2. The van der Waals surface area contributed by atoms with Crippen LogP contribution in [-0.2, 0) is 16.0 Å². The maximum absolute atomic E-state index is 11.8. The highest BCUT2D eigenvalue weighted by atomic mass is 16.7. The standard InChI is InChI=1S/C12H14N2O5/c1-18-10(19-2)6-14-9-4-3-7(11(15)16)5-8(9)13-12(14)17/h3-5,10H,6H2,1-2H3,(H,13,17)(H,15,16). The zero-order valence-corrected chi connectivity index (χ0v) is 10.5. The molecule has 7 heteroatoms. The first kappa shape index (κ1) is 13.3. The van der Waals surface area contributed by atoms with Crippen molar-refractivity contribution in [3.05, 3.63) is 34.2 Å². The molecule has 1 aromatic carbocycles. The topological polar surface area (TPSA) is 93.6 Å².